The summed E-state index contributed by atoms with van der Waals surface area (Å²) in [6.07, 6.45) is 0. The van der Waals surface area contributed by atoms with E-state index in [1.54, 1.807) is 6.92 Å². The molecule has 0 aromatic heterocycles. The van der Waals surface area contributed by atoms with Crippen LogP contribution in [-0.4, -0.2) is 28.0 Å². The van der Waals surface area contributed by atoms with Crippen LogP contribution in [0.2, 0.25) is 0 Å². The Morgan fingerprint density at radius 2 is 2.09 bits per heavy atom. The van der Waals surface area contributed by atoms with E-state index in [4.69, 9.17) is 9.79 Å². The van der Waals surface area contributed by atoms with Crippen molar-refractivity contribution >= 4 is 13.6 Å². The number of carbonyl (C=O) groups is 1. The second kappa shape index (κ2) is 3.85. The van der Waals surface area contributed by atoms with Gasteiger partial charge in [-0.3, -0.25) is 9.36 Å². The first-order valence-corrected chi connectivity index (χ1v) is 4.79. The van der Waals surface area contributed by atoms with Crippen LogP contribution < -0.4 is 0 Å². The lowest BCUT2D eigenvalue weighted by atomic mass is 10.5. The van der Waals surface area contributed by atoms with E-state index in [-0.39, 0.29) is 6.61 Å². The standard InChI is InChI=1S/C5H11O5P/c1-3-10-5(6)4(2)11(7,8)9/h4H,3H2,1-2H3,(H2,7,8,9). The van der Waals surface area contributed by atoms with Crippen LogP contribution in [0.4, 0.5) is 0 Å². The largest absolute Gasteiger partial charge is 0.465 e. The van der Waals surface area contributed by atoms with E-state index in [1.165, 1.54) is 0 Å². The molecule has 0 spiro atoms. The molecule has 0 saturated heterocycles. The zero-order valence-corrected chi connectivity index (χ0v) is 7.25. The third-order valence-corrected chi connectivity index (χ3v) is 2.35. The summed E-state index contributed by atoms with van der Waals surface area (Å²) in [4.78, 5) is 27.7. The number of ether oxygens (including phenoxy) is 1. The topological polar surface area (TPSA) is 83.8 Å². The van der Waals surface area contributed by atoms with Crippen molar-refractivity contribution in [1.82, 2.24) is 0 Å². The molecule has 66 valence electrons. The first-order chi connectivity index (χ1) is 4.89. The third kappa shape index (κ3) is 3.51. The molecular weight excluding hydrogens is 171 g/mol. The first-order valence-electron chi connectivity index (χ1n) is 3.11. The van der Waals surface area contributed by atoms with Gasteiger partial charge in [-0.25, -0.2) is 0 Å². The highest BCUT2D eigenvalue weighted by molar-refractivity contribution is 7.53. The highest BCUT2D eigenvalue weighted by Gasteiger charge is 2.31. The predicted molar refractivity (Wildman–Crippen MR) is 38.1 cm³/mol. The maximum atomic E-state index is 10.7. The summed E-state index contributed by atoms with van der Waals surface area (Å²) in [6, 6.07) is 0. The molecule has 0 aliphatic rings. The van der Waals surface area contributed by atoms with Gasteiger partial charge in [-0.2, -0.15) is 0 Å². The molecule has 0 fully saturated rings. The Balaban J connectivity index is 4.14. The molecule has 0 rings (SSSR count). The SMILES string of the molecule is CCOC(=O)C(C)P(=O)(O)O. The van der Waals surface area contributed by atoms with E-state index in [0.29, 0.717) is 0 Å². The van der Waals surface area contributed by atoms with Crippen LogP contribution in [0.25, 0.3) is 0 Å². The molecule has 0 aliphatic carbocycles. The van der Waals surface area contributed by atoms with Gasteiger partial charge in [0.05, 0.1) is 6.61 Å². The minimum Gasteiger partial charge on any atom is -0.465 e. The normalized spacial score (nSPS) is 14.2. The predicted octanol–water partition coefficient (Wildman–Crippen LogP) is 0.116. The average molecular weight is 182 g/mol. The van der Waals surface area contributed by atoms with Crippen LogP contribution in [0.15, 0.2) is 0 Å². The van der Waals surface area contributed by atoms with Crippen molar-refractivity contribution in [2.24, 2.45) is 0 Å². The van der Waals surface area contributed by atoms with Crippen LogP contribution in [0, 0.1) is 0 Å². The summed E-state index contributed by atoms with van der Waals surface area (Å²) < 4.78 is 14.8. The third-order valence-electron chi connectivity index (χ3n) is 1.13. The summed E-state index contributed by atoms with van der Waals surface area (Å²) >= 11 is 0. The molecule has 11 heavy (non-hydrogen) atoms. The van der Waals surface area contributed by atoms with E-state index in [2.05, 4.69) is 4.74 Å². The van der Waals surface area contributed by atoms with Crippen molar-refractivity contribution in [3.8, 4) is 0 Å². The fourth-order valence-electron chi connectivity index (χ4n) is 0.400. The van der Waals surface area contributed by atoms with Gasteiger partial charge in [0.25, 0.3) is 0 Å². The van der Waals surface area contributed by atoms with E-state index in [0.717, 1.165) is 6.92 Å². The summed E-state index contributed by atoms with van der Waals surface area (Å²) in [7, 11) is -4.32. The second-order valence-corrected chi connectivity index (χ2v) is 3.97. The average Bonchev–Trinajstić information content (AvgIpc) is 1.85. The monoisotopic (exact) mass is 182 g/mol. The number of esters is 1. The van der Waals surface area contributed by atoms with Gasteiger partial charge < -0.3 is 14.5 Å². The van der Waals surface area contributed by atoms with Crippen LogP contribution >= 0.6 is 7.60 Å². The Morgan fingerprint density at radius 3 is 2.36 bits per heavy atom. The number of rotatable bonds is 3. The fourth-order valence-corrected chi connectivity index (χ4v) is 0.749. The van der Waals surface area contributed by atoms with E-state index in [1.807, 2.05) is 0 Å². The van der Waals surface area contributed by atoms with Crippen molar-refractivity contribution in [3.63, 3.8) is 0 Å². The van der Waals surface area contributed by atoms with Crippen LogP contribution in [0.5, 0.6) is 0 Å². The molecule has 0 bridgehead atoms. The van der Waals surface area contributed by atoms with Crippen LogP contribution in [-0.2, 0) is 14.1 Å². The van der Waals surface area contributed by atoms with Gasteiger partial charge in [0.1, 0.15) is 0 Å². The van der Waals surface area contributed by atoms with Crippen LogP contribution in [0.3, 0.4) is 0 Å². The van der Waals surface area contributed by atoms with Crippen LogP contribution in [0.1, 0.15) is 13.8 Å². The lowest BCUT2D eigenvalue weighted by Gasteiger charge is -2.10. The molecule has 5 nitrogen and oxygen atoms in total. The van der Waals surface area contributed by atoms with Gasteiger partial charge in [-0.05, 0) is 13.8 Å². The molecule has 1 unspecified atom stereocenters. The molecule has 0 radical (unpaired) electrons. The minimum atomic E-state index is -4.32. The zero-order valence-electron chi connectivity index (χ0n) is 6.35. The summed E-state index contributed by atoms with van der Waals surface area (Å²) in [5.41, 5.74) is -1.36. The Hall–Kier alpha value is -0.380. The maximum absolute atomic E-state index is 10.7. The lowest BCUT2D eigenvalue weighted by molar-refractivity contribution is -0.142. The van der Waals surface area contributed by atoms with E-state index in [9.17, 15) is 9.36 Å². The van der Waals surface area contributed by atoms with E-state index < -0.39 is 19.2 Å². The molecule has 0 aromatic rings. The number of hydrogen-bond acceptors (Lipinski definition) is 3. The second-order valence-electron chi connectivity index (χ2n) is 2.02. The molecule has 0 heterocycles. The molecule has 1 atom stereocenters. The Morgan fingerprint density at radius 1 is 1.64 bits per heavy atom. The minimum absolute atomic E-state index is 0.128. The van der Waals surface area contributed by atoms with Gasteiger partial charge in [0.15, 0.2) is 5.66 Å². The Labute approximate surface area is 64.5 Å². The molecule has 0 saturated carbocycles. The summed E-state index contributed by atoms with van der Waals surface area (Å²) in [5, 5.41) is 0. The smallest absolute Gasteiger partial charge is 0.339 e. The van der Waals surface area contributed by atoms with Gasteiger partial charge in [-0.1, -0.05) is 0 Å². The summed E-state index contributed by atoms with van der Waals surface area (Å²) in [6.45, 7) is 2.84. The highest BCUT2D eigenvalue weighted by atomic mass is 31.2. The quantitative estimate of drug-likeness (QED) is 0.478. The number of hydrogen-bond donors (Lipinski definition) is 2. The van der Waals surface area contributed by atoms with Crippen molar-refractivity contribution in [2.75, 3.05) is 6.61 Å². The zero-order chi connectivity index (χ0) is 9.07. The summed E-state index contributed by atoms with van der Waals surface area (Å²) in [5.74, 6) is -0.860. The molecule has 2 N–H and O–H groups in total. The molecule has 0 aromatic carbocycles. The van der Waals surface area contributed by atoms with Crippen molar-refractivity contribution in [1.29, 1.82) is 0 Å². The van der Waals surface area contributed by atoms with Gasteiger partial charge >= 0.3 is 13.6 Å². The molecule has 0 aliphatic heterocycles. The van der Waals surface area contributed by atoms with Crippen molar-refractivity contribution < 1.29 is 23.9 Å². The lowest BCUT2D eigenvalue weighted by Crippen LogP contribution is -2.19. The van der Waals surface area contributed by atoms with Gasteiger partial charge in [-0.15, -0.1) is 0 Å². The van der Waals surface area contributed by atoms with Gasteiger partial charge in [0, 0.05) is 0 Å². The number of carbonyl (C=O) groups excluding carboxylic acids is 1. The molecule has 6 heteroatoms. The van der Waals surface area contributed by atoms with Crippen molar-refractivity contribution in [3.05, 3.63) is 0 Å². The fraction of sp³-hybridized carbons (Fsp3) is 0.800. The first kappa shape index (κ1) is 10.6. The molecule has 0 amide bonds. The van der Waals surface area contributed by atoms with E-state index >= 15 is 0 Å². The Bertz CT molecular complexity index is 183. The molecular formula is C5H11O5P. The maximum Gasteiger partial charge on any atom is 0.339 e. The highest BCUT2D eigenvalue weighted by Crippen LogP contribution is 2.41. The van der Waals surface area contributed by atoms with Crippen molar-refractivity contribution in [2.45, 2.75) is 19.5 Å². The van der Waals surface area contributed by atoms with Gasteiger partial charge in [0.2, 0.25) is 0 Å². The Kier molecular flexibility index (Phi) is 3.72.